The van der Waals surface area contributed by atoms with Gasteiger partial charge in [-0.15, -0.1) is 0 Å². The van der Waals surface area contributed by atoms with Crippen LogP contribution in [0, 0.1) is 0 Å². The molecule has 1 aromatic heterocycles. The van der Waals surface area contributed by atoms with Gasteiger partial charge in [0.25, 0.3) is 0 Å². The van der Waals surface area contributed by atoms with E-state index in [4.69, 9.17) is 9.47 Å². The molecule has 1 aliphatic rings. The van der Waals surface area contributed by atoms with Crippen molar-refractivity contribution in [2.75, 3.05) is 31.4 Å². The number of hydrogen-bond acceptors (Lipinski definition) is 6. The Labute approximate surface area is 200 Å². The number of aromatic nitrogens is 1. The second-order valence-electron chi connectivity index (χ2n) is 7.61. The summed E-state index contributed by atoms with van der Waals surface area (Å²) in [6.07, 6.45) is 2.44. The molecule has 9 heteroatoms. The summed E-state index contributed by atoms with van der Waals surface area (Å²) in [5.74, 6) is 1.19. The number of benzene rings is 2. The van der Waals surface area contributed by atoms with E-state index < -0.39 is 10.1 Å². The van der Waals surface area contributed by atoms with E-state index in [9.17, 15) is 13.0 Å². The van der Waals surface area contributed by atoms with Crippen LogP contribution >= 0.6 is 0 Å². The van der Waals surface area contributed by atoms with Gasteiger partial charge in [0.05, 0.1) is 0 Å². The number of anilines is 1. The molecule has 2 heterocycles. The Morgan fingerprint density at radius 1 is 1.06 bits per heavy atom. The third-order valence-electron chi connectivity index (χ3n) is 5.57. The molecule has 0 radical (unpaired) electrons. The zero-order valence-electron chi connectivity index (χ0n) is 18.8. The van der Waals surface area contributed by atoms with Crippen molar-refractivity contribution in [2.24, 2.45) is 0 Å². The Bertz CT molecular complexity index is 1320. The number of methoxy groups -OCH3 is 2. The summed E-state index contributed by atoms with van der Waals surface area (Å²) in [6, 6.07) is 16.2. The summed E-state index contributed by atoms with van der Waals surface area (Å²) in [5.41, 5.74) is 3.19. The minimum atomic E-state index is -4.25. The molecule has 0 fully saturated rings. The molecule has 0 spiro atoms. The molecule has 4 rings (SSSR count). The van der Waals surface area contributed by atoms with Crippen LogP contribution in [0.5, 0.6) is 11.5 Å². The van der Waals surface area contributed by atoms with Crippen molar-refractivity contribution in [1.82, 2.24) is 0 Å². The molecule has 1 aliphatic heterocycles. The maximum atomic E-state index is 11.2. The van der Waals surface area contributed by atoms with Crippen LogP contribution in [0.2, 0.25) is 0 Å². The minimum absolute atomic E-state index is 0.0401. The van der Waals surface area contributed by atoms with Crippen LogP contribution < -0.4 is 23.4 Å². The van der Waals surface area contributed by atoms with Crippen molar-refractivity contribution in [3.05, 3.63) is 58.8 Å². The van der Waals surface area contributed by atoms with Gasteiger partial charge in [-0.05, 0) is 0 Å². The molecule has 0 aliphatic carbocycles. The van der Waals surface area contributed by atoms with Crippen molar-refractivity contribution >= 4 is 52.2 Å². The first-order valence-electron chi connectivity index (χ1n) is 10.6. The predicted octanol–water partition coefficient (Wildman–Crippen LogP) is 2.25. The van der Waals surface area contributed by atoms with Crippen LogP contribution in [0.1, 0.15) is 19.0 Å². The molecular weight excluding hydrogens is 507 g/mol. The van der Waals surface area contributed by atoms with Crippen molar-refractivity contribution in [3.63, 3.8) is 0 Å². The first-order chi connectivity index (χ1) is 15.8. The zero-order valence-corrected chi connectivity index (χ0v) is 21.3. The average Bonchev–Trinajstić information content (AvgIpc) is 3.13. The standard InChI is InChI=1S/C24H26N2O5SSe/c1-4-25-18(7-6-17-14-19(30-2)8-10-21(17)25)15-24-26(12-5-13-32(27,28)29)22-16-20(31-3)9-11-23(22)33-24/h6-11,14-16H,4-5,12-13H2,1-3H3. The maximum absolute atomic E-state index is 11.2. The number of ether oxygens (including phenoxy) is 2. The van der Waals surface area contributed by atoms with Crippen LogP contribution in [-0.2, 0) is 16.7 Å². The third-order valence-corrected chi connectivity index (χ3v) is 8.69. The molecule has 0 atom stereocenters. The van der Waals surface area contributed by atoms with E-state index in [0.29, 0.717) is 6.54 Å². The van der Waals surface area contributed by atoms with Crippen LogP contribution in [0.25, 0.3) is 17.0 Å². The van der Waals surface area contributed by atoms with Crippen molar-refractivity contribution in [1.29, 1.82) is 0 Å². The van der Waals surface area contributed by atoms with Gasteiger partial charge in [0.1, 0.15) is 0 Å². The van der Waals surface area contributed by atoms with E-state index in [1.807, 2.05) is 24.3 Å². The van der Waals surface area contributed by atoms with E-state index in [1.54, 1.807) is 14.2 Å². The Morgan fingerprint density at radius 3 is 2.48 bits per heavy atom. The normalized spacial score (nSPS) is 14.7. The number of aryl methyl sites for hydroxylation is 1. The summed E-state index contributed by atoms with van der Waals surface area (Å²) in [6.45, 7) is 3.36. The number of hydrogen-bond donors (Lipinski definition) is 0. The quantitative estimate of drug-likeness (QED) is 0.251. The van der Waals surface area contributed by atoms with Crippen molar-refractivity contribution < 1.29 is 27.0 Å². The van der Waals surface area contributed by atoms with Gasteiger partial charge in [0.15, 0.2) is 0 Å². The summed E-state index contributed by atoms with van der Waals surface area (Å²) in [7, 11) is -0.965. The average molecular weight is 534 g/mol. The molecule has 7 nitrogen and oxygen atoms in total. The molecular formula is C24H26N2O5SSe. The van der Waals surface area contributed by atoms with Crippen molar-refractivity contribution in [3.8, 4) is 11.5 Å². The van der Waals surface area contributed by atoms with Crippen molar-refractivity contribution in [2.45, 2.75) is 19.9 Å². The molecule has 3 aromatic rings. The Morgan fingerprint density at radius 2 is 1.79 bits per heavy atom. The fraction of sp³-hybridized carbons (Fsp3) is 0.292. The fourth-order valence-corrected chi connectivity index (χ4v) is 6.82. The van der Waals surface area contributed by atoms with Gasteiger partial charge < -0.3 is 0 Å². The summed E-state index contributed by atoms with van der Waals surface area (Å²) in [4.78, 5) is 2.13. The van der Waals surface area contributed by atoms with Gasteiger partial charge in [-0.25, -0.2) is 0 Å². The summed E-state index contributed by atoms with van der Waals surface area (Å²) in [5, 5.41) is 1.10. The molecule has 0 saturated heterocycles. The molecule has 0 saturated carbocycles. The van der Waals surface area contributed by atoms with Gasteiger partial charge in [0.2, 0.25) is 0 Å². The van der Waals surface area contributed by atoms with Gasteiger partial charge in [-0.3, -0.25) is 0 Å². The van der Waals surface area contributed by atoms with Crippen LogP contribution in [0.4, 0.5) is 5.69 Å². The van der Waals surface area contributed by atoms with E-state index in [2.05, 4.69) is 46.7 Å². The second kappa shape index (κ2) is 9.73. The molecule has 0 N–H and O–H groups in total. The molecule has 2 aromatic carbocycles. The number of fused-ring (bicyclic) bond motifs is 2. The predicted molar refractivity (Wildman–Crippen MR) is 129 cm³/mol. The third kappa shape index (κ3) is 5.17. The second-order valence-corrected chi connectivity index (χ2v) is 11.4. The molecule has 0 amide bonds. The Hall–Kier alpha value is -2.58. The van der Waals surface area contributed by atoms with Crippen LogP contribution in [0.15, 0.2) is 53.1 Å². The first-order valence-corrected chi connectivity index (χ1v) is 13.9. The first kappa shape index (κ1) is 23.6. The van der Waals surface area contributed by atoms with E-state index >= 15 is 0 Å². The number of rotatable bonds is 8. The van der Waals surface area contributed by atoms with Gasteiger partial charge in [-0.1, -0.05) is 0 Å². The Kier molecular flexibility index (Phi) is 6.95. The molecule has 33 heavy (non-hydrogen) atoms. The van der Waals surface area contributed by atoms with E-state index in [1.165, 1.54) is 4.46 Å². The van der Waals surface area contributed by atoms with Crippen LogP contribution in [-0.4, -0.2) is 54.4 Å². The SMILES string of the molecule is CC[n+]1c(C=C2[Se]c3ccc(OC)cc3N2CCCS(=O)(=O)[O-])ccc2cc(OC)ccc21. The molecule has 0 bridgehead atoms. The zero-order chi connectivity index (χ0) is 23.6. The van der Waals surface area contributed by atoms with Gasteiger partial charge in [-0.2, -0.15) is 0 Å². The fourth-order valence-electron chi connectivity index (χ4n) is 3.99. The molecule has 0 unspecified atom stereocenters. The van der Waals surface area contributed by atoms with Crippen LogP contribution in [0.3, 0.4) is 0 Å². The number of nitrogens with zero attached hydrogens (tertiary/aromatic N) is 2. The topological polar surface area (TPSA) is 82.8 Å². The van der Waals surface area contributed by atoms with Gasteiger partial charge in [0, 0.05) is 0 Å². The monoisotopic (exact) mass is 534 g/mol. The Balaban J connectivity index is 1.75. The summed E-state index contributed by atoms with van der Waals surface area (Å²) >= 11 is 0.0401. The summed E-state index contributed by atoms with van der Waals surface area (Å²) < 4.78 is 48.8. The van der Waals surface area contributed by atoms with E-state index in [0.717, 1.165) is 44.9 Å². The molecule has 174 valence electrons. The van der Waals surface area contributed by atoms with E-state index in [-0.39, 0.29) is 27.1 Å². The number of pyridine rings is 1. The van der Waals surface area contributed by atoms with Gasteiger partial charge >= 0.3 is 201 Å².